The molecule has 2 rings (SSSR count). The summed E-state index contributed by atoms with van der Waals surface area (Å²) in [5.41, 5.74) is 1.16. The molecule has 0 saturated heterocycles. The largest absolute Gasteiger partial charge is 0.489 e. The van der Waals surface area contributed by atoms with Gasteiger partial charge in [-0.2, -0.15) is 0 Å². The van der Waals surface area contributed by atoms with Crippen molar-refractivity contribution < 1.29 is 9.15 Å². The van der Waals surface area contributed by atoms with Gasteiger partial charge in [0.2, 0.25) is 0 Å². The van der Waals surface area contributed by atoms with Crippen LogP contribution in [0.1, 0.15) is 18.2 Å². The zero-order chi connectivity index (χ0) is 12.8. The van der Waals surface area contributed by atoms with Crippen molar-refractivity contribution in [2.75, 3.05) is 6.54 Å². The summed E-state index contributed by atoms with van der Waals surface area (Å²) >= 11 is 0. The van der Waals surface area contributed by atoms with E-state index in [9.17, 15) is 0 Å². The number of ether oxygens (including phenoxy) is 1. The Morgan fingerprint density at radius 2 is 2.06 bits per heavy atom. The van der Waals surface area contributed by atoms with Crippen LogP contribution in [0.4, 0.5) is 0 Å². The normalized spacial score (nSPS) is 12.3. The van der Waals surface area contributed by atoms with Crippen molar-refractivity contribution in [1.29, 1.82) is 0 Å². The maximum Gasteiger partial charge on any atom is 0.122 e. The second kappa shape index (κ2) is 6.26. The first kappa shape index (κ1) is 12.7. The maximum atomic E-state index is 5.87. The van der Waals surface area contributed by atoms with Crippen LogP contribution in [0.15, 0.2) is 47.1 Å². The molecule has 0 aliphatic heterocycles. The van der Waals surface area contributed by atoms with E-state index in [-0.39, 0.29) is 6.10 Å². The molecular formula is C15H19NO2. The van der Waals surface area contributed by atoms with Gasteiger partial charge in [0.15, 0.2) is 0 Å². The lowest BCUT2D eigenvalue weighted by Crippen LogP contribution is -2.28. The predicted octanol–water partition coefficient (Wildman–Crippen LogP) is 3.15. The van der Waals surface area contributed by atoms with Crippen molar-refractivity contribution in [3.63, 3.8) is 0 Å². The van der Waals surface area contributed by atoms with Crippen LogP contribution in [0.25, 0.3) is 0 Å². The minimum Gasteiger partial charge on any atom is -0.489 e. The predicted molar refractivity (Wildman–Crippen MR) is 71.7 cm³/mol. The van der Waals surface area contributed by atoms with Gasteiger partial charge in [-0.25, -0.2) is 0 Å². The molecule has 1 heterocycles. The average molecular weight is 245 g/mol. The van der Waals surface area contributed by atoms with Crippen LogP contribution in [0, 0.1) is 6.92 Å². The third kappa shape index (κ3) is 3.64. The van der Waals surface area contributed by atoms with E-state index in [2.05, 4.69) is 25.2 Å². The maximum absolute atomic E-state index is 5.87. The van der Waals surface area contributed by atoms with Gasteiger partial charge in [-0.3, -0.25) is 0 Å². The molecule has 0 amide bonds. The Balaban J connectivity index is 1.75. The van der Waals surface area contributed by atoms with Crippen molar-refractivity contribution in [3.8, 4) is 5.75 Å². The van der Waals surface area contributed by atoms with Crippen LogP contribution in [0.2, 0.25) is 0 Å². The Labute approximate surface area is 108 Å². The average Bonchev–Trinajstić information content (AvgIpc) is 2.85. The summed E-state index contributed by atoms with van der Waals surface area (Å²) in [5, 5.41) is 3.31. The Morgan fingerprint density at radius 3 is 2.78 bits per heavy atom. The zero-order valence-electron chi connectivity index (χ0n) is 10.8. The summed E-state index contributed by atoms with van der Waals surface area (Å²) in [4.78, 5) is 0. The Bertz CT molecular complexity index is 465. The van der Waals surface area contributed by atoms with Crippen LogP contribution >= 0.6 is 0 Å². The lowest BCUT2D eigenvalue weighted by Gasteiger charge is -2.16. The molecule has 0 fully saturated rings. The first-order chi connectivity index (χ1) is 8.75. The van der Waals surface area contributed by atoms with Crippen molar-refractivity contribution in [3.05, 3.63) is 54.0 Å². The van der Waals surface area contributed by atoms with E-state index in [4.69, 9.17) is 9.15 Å². The molecule has 3 heteroatoms. The smallest absolute Gasteiger partial charge is 0.122 e. The molecule has 2 aromatic rings. The van der Waals surface area contributed by atoms with E-state index >= 15 is 0 Å². The van der Waals surface area contributed by atoms with Gasteiger partial charge in [0.05, 0.1) is 12.8 Å². The fourth-order valence-electron chi connectivity index (χ4n) is 1.76. The number of rotatable bonds is 6. The first-order valence-electron chi connectivity index (χ1n) is 6.21. The zero-order valence-corrected chi connectivity index (χ0v) is 10.8. The van der Waals surface area contributed by atoms with E-state index in [1.54, 1.807) is 6.26 Å². The van der Waals surface area contributed by atoms with Crippen molar-refractivity contribution in [2.45, 2.75) is 26.5 Å². The molecule has 1 atom stereocenters. The van der Waals surface area contributed by atoms with Gasteiger partial charge < -0.3 is 14.5 Å². The monoisotopic (exact) mass is 245 g/mol. The van der Waals surface area contributed by atoms with Gasteiger partial charge in [-0.1, -0.05) is 18.2 Å². The number of nitrogens with one attached hydrogen (secondary N) is 1. The highest BCUT2D eigenvalue weighted by atomic mass is 16.5. The fourth-order valence-corrected chi connectivity index (χ4v) is 1.76. The molecule has 0 bridgehead atoms. The summed E-state index contributed by atoms with van der Waals surface area (Å²) < 4.78 is 11.1. The minimum absolute atomic E-state index is 0.126. The molecule has 0 aliphatic carbocycles. The molecule has 1 unspecified atom stereocenters. The Hall–Kier alpha value is -1.74. The fraction of sp³-hybridized carbons (Fsp3) is 0.333. The second-order valence-corrected chi connectivity index (χ2v) is 4.40. The Morgan fingerprint density at radius 1 is 1.22 bits per heavy atom. The van der Waals surface area contributed by atoms with Gasteiger partial charge >= 0.3 is 0 Å². The summed E-state index contributed by atoms with van der Waals surface area (Å²) in [6.45, 7) is 5.63. The standard InChI is InChI=1S/C15H19NO2/c1-12-6-3-4-8-15(12)18-13(2)10-16-11-14-7-5-9-17-14/h3-9,13,16H,10-11H2,1-2H3. The van der Waals surface area contributed by atoms with Crippen molar-refractivity contribution in [2.24, 2.45) is 0 Å². The van der Waals surface area contributed by atoms with Crippen LogP contribution in [0.5, 0.6) is 5.75 Å². The highest BCUT2D eigenvalue weighted by Gasteiger charge is 2.05. The molecule has 3 nitrogen and oxygen atoms in total. The molecule has 18 heavy (non-hydrogen) atoms. The highest BCUT2D eigenvalue weighted by molar-refractivity contribution is 5.31. The molecule has 1 aromatic heterocycles. The van der Waals surface area contributed by atoms with E-state index in [1.807, 2.05) is 30.3 Å². The van der Waals surface area contributed by atoms with Crippen molar-refractivity contribution >= 4 is 0 Å². The molecule has 0 aliphatic rings. The van der Waals surface area contributed by atoms with Gasteiger partial charge in [-0.05, 0) is 37.6 Å². The molecule has 96 valence electrons. The third-order valence-electron chi connectivity index (χ3n) is 2.73. The summed E-state index contributed by atoms with van der Waals surface area (Å²) in [7, 11) is 0. The number of benzene rings is 1. The van der Waals surface area contributed by atoms with E-state index in [0.29, 0.717) is 0 Å². The first-order valence-corrected chi connectivity index (χ1v) is 6.21. The summed E-state index contributed by atoms with van der Waals surface area (Å²) in [6, 6.07) is 11.9. The quantitative estimate of drug-likeness (QED) is 0.849. The highest BCUT2D eigenvalue weighted by Crippen LogP contribution is 2.17. The molecule has 0 spiro atoms. The third-order valence-corrected chi connectivity index (χ3v) is 2.73. The van der Waals surface area contributed by atoms with Crippen LogP contribution in [-0.2, 0) is 6.54 Å². The second-order valence-electron chi connectivity index (χ2n) is 4.40. The van der Waals surface area contributed by atoms with Crippen LogP contribution in [0.3, 0.4) is 0 Å². The number of para-hydroxylation sites is 1. The summed E-state index contributed by atoms with van der Waals surface area (Å²) in [6.07, 6.45) is 1.81. The van der Waals surface area contributed by atoms with Crippen LogP contribution in [-0.4, -0.2) is 12.6 Å². The minimum atomic E-state index is 0.126. The lowest BCUT2D eigenvalue weighted by molar-refractivity contribution is 0.214. The topological polar surface area (TPSA) is 34.4 Å². The SMILES string of the molecule is Cc1ccccc1OC(C)CNCc1ccco1. The van der Waals surface area contributed by atoms with Crippen LogP contribution < -0.4 is 10.1 Å². The lowest BCUT2D eigenvalue weighted by atomic mass is 10.2. The molecule has 1 N–H and O–H groups in total. The number of hydrogen-bond donors (Lipinski definition) is 1. The van der Waals surface area contributed by atoms with Crippen molar-refractivity contribution in [1.82, 2.24) is 5.32 Å². The van der Waals surface area contributed by atoms with E-state index in [0.717, 1.165) is 30.2 Å². The number of hydrogen-bond acceptors (Lipinski definition) is 3. The number of furan rings is 1. The van der Waals surface area contributed by atoms with Gasteiger partial charge in [-0.15, -0.1) is 0 Å². The Kier molecular flexibility index (Phi) is 4.42. The molecular weight excluding hydrogens is 226 g/mol. The number of aryl methyl sites for hydroxylation is 1. The van der Waals surface area contributed by atoms with Gasteiger partial charge in [0.1, 0.15) is 17.6 Å². The molecule has 0 radical (unpaired) electrons. The van der Waals surface area contributed by atoms with Gasteiger partial charge in [0.25, 0.3) is 0 Å². The van der Waals surface area contributed by atoms with E-state index < -0.39 is 0 Å². The molecule has 1 aromatic carbocycles. The van der Waals surface area contributed by atoms with E-state index in [1.165, 1.54) is 0 Å². The van der Waals surface area contributed by atoms with Gasteiger partial charge in [0, 0.05) is 6.54 Å². The molecule has 0 saturated carbocycles. The summed E-state index contributed by atoms with van der Waals surface area (Å²) in [5.74, 6) is 1.89.